The van der Waals surface area contributed by atoms with Crippen molar-refractivity contribution in [2.75, 3.05) is 12.4 Å². The minimum absolute atomic E-state index is 0.00319. The van der Waals surface area contributed by atoms with Crippen LogP contribution in [0.25, 0.3) is 0 Å². The summed E-state index contributed by atoms with van der Waals surface area (Å²) in [6.07, 6.45) is 1.58. The van der Waals surface area contributed by atoms with Crippen molar-refractivity contribution >= 4 is 17.4 Å². The van der Waals surface area contributed by atoms with Gasteiger partial charge in [0, 0.05) is 18.0 Å². The second-order valence-corrected chi connectivity index (χ2v) is 3.75. The second-order valence-electron chi connectivity index (χ2n) is 2.67. The number of rotatable bonds is 4. The van der Waals surface area contributed by atoms with Gasteiger partial charge in [0.2, 0.25) is 0 Å². The minimum Gasteiger partial charge on any atom is -0.396 e. The van der Waals surface area contributed by atoms with Crippen LogP contribution in [0.1, 0.15) is 5.56 Å². The first-order valence-corrected chi connectivity index (χ1v) is 4.98. The first kappa shape index (κ1) is 10.9. The number of nitrogens with zero attached hydrogens (tertiary/aromatic N) is 2. The molecule has 1 N–H and O–H groups in total. The fourth-order valence-electron chi connectivity index (χ4n) is 0.926. The maximum atomic E-state index is 10.6. The molecule has 1 heterocycles. The van der Waals surface area contributed by atoms with Gasteiger partial charge in [-0.15, -0.1) is 0 Å². The highest BCUT2D eigenvalue weighted by atomic mass is 32.2. The largest absolute Gasteiger partial charge is 0.396 e. The normalized spacial score (nSPS) is 10.1. The van der Waals surface area contributed by atoms with Crippen LogP contribution >= 0.6 is 11.8 Å². The van der Waals surface area contributed by atoms with E-state index in [4.69, 9.17) is 5.11 Å². The number of hydrogen-bond donors (Lipinski definition) is 1. The molecule has 0 fully saturated rings. The molecule has 14 heavy (non-hydrogen) atoms. The van der Waals surface area contributed by atoms with E-state index in [0.29, 0.717) is 10.8 Å². The van der Waals surface area contributed by atoms with E-state index in [9.17, 15) is 10.1 Å². The van der Waals surface area contributed by atoms with Crippen molar-refractivity contribution < 1.29 is 10.0 Å². The van der Waals surface area contributed by atoms with Gasteiger partial charge in [-0.1, -0.05) is 11.8 Å². The molecule has 0 amide bonds. The van der Waals surface area contributed by atoms with Gasteiger partial charge in [-0.2, -0.15) is 0 Å². The molecule has 0 aliphatic carbocycles. The summed E-state index contributed by atoms with van der Waals surface area (Å²) in [6.45, 7) is 1.73. The zero-order valence-corrected chi connectivity index (χ0v) is 8.45. The minimum atomic E-state index is -0.459. The Labute approximate surface area is 85.3 Å². The van der Waals surface area contributed by atoms with E-state index in [1.54, 1.807) is 13.1 Å². The third kappa shape index (κ3) is 2.68. The van der Waals surface area contributed by atoms with E-state index in [-0.39, 0.29) is 12.3 Å². The van der Waals surface area contributed by atoms with Gasteiger partial charge in [0.1, 0.15) is 0 Å². The molecule has 1 rings (SSSR count). The summed E-state index contributed by atoms with van der Waals surface area (Å²) in [5.41, 5.74) is 0.758. The number of thioether (sulfide) groups is 1. The molecule has 0 bridgehead atoms. The molecule has 1 aromatic heterocycles. The van der Waals surface area contributed by atoms with E-state index >= 15 is 0 Å². The number of aliphatic hydroxyl groups is 1. The molecule has 0 unspecified atom stereocenters. The van der Waals surface area contributed by atoms with Gasteiger partial charge in [0.25, 0.3) is 0 Å². The van der Waals surface area contributed by atoms with Gasteiger partial charge < -0.3 is 5.11 Å². The van der Waals surface area contributed by atoms with Gasteiger partial charge in [-0.05, 0) is 12.5 Å². The summed E-state index contributed by atoms with van der Waals surface area (Å²) in [4.78, 5) is 14.1. The van der Waals surface area contributed by atoms with E-state index < -0.39 is 4.92 Å². The second kappa shape index (κ2) is 4.92. The Balaban J connectivity index is 2.96. The van der Waals surface area contributed by atoms with Crippen LogP contribution in [0, 0.1) is 17.0 Å². The summed E-state index contributed by atoms with van der Waals surface area (Å²) in [5, 5.41) is 19.6. The lowest BCUT2D eigenvalue weighted by Gasteiger charge is -2.00. The number of aromatic nitrogens is 1. The Morgan fingerprint density at radius 3 is 3.00 bits per heavy atom. The lowest BCUT2D eigenvalue weighted by molar-refractivity contribution is -0.388. The molecule has 0 saturated carbocycles. The van der Waals surface area contributed by atoms with Crippen LogP contribution in [0.5, 0.6) is 0 Å². The van der Waals surface area contributed by atoms with Crippen LogP contribution in [0.2, 0.25) is 0 Å². The topological polar surface area (TPSA) is 76.3 Å². The summed E-state index contributed by atoms with van der Waals surface area (Å²) in [6, 6.07) is 1.48. The highest BCUT2D eigenvalue weighted by Crippen LogP contribution is 2.26. The summed E-state index contributed by atoms with van der Waals surface area (Å²) >= 11 is 1.18. The smallest absolute Gasteiger partial charge is 0.301 e. The molecule has 5 nitrogen and oxygen atoms in total. The summed E-state index contributed by atoms with van der Waals surface area (Å²) in [7, 11) is 0. The molecule has 0 aliphatic rings. The molecule has 0 aromatic carbocycles. The summed E-state index contributed by atoms with van der Waals surface area (Å²) < 4.78 is 0. The van der Waals surface area contributed by atoms with Crippen LogP contribution < -0.4 is 0 Å². The molecule has 0 radical (unpaired) electrons. The molecule has 0 aliphatic heterocycles. The van der Waals surface area contributed by atoms with E-state index in [1.807, 2.05) is 0 Å². The van der Waals surface area contributed by atoms with E-state index in [2.05, 4.69) is 4.98 Å². The molecule has 1 aromatic rings. The van der Waals surface area contributed by atoms with Crippen LogP contribution in [-0.2, 0) is 0 Å². The van der Waals surface area contributed by atoms with Gasteiger partial charge in [-0.3, -0.25) is 10.1 Å². The zero-order chi connectivity index (χ0) is 10.6. The summed E-state index contributed by atoms with van der Waals surface area (Å²) in [5.74, 6) is 0.414. The lowest BCUT2D eigenvalue weighted by Crippen LogP contribution is -1.96. The van der Waals surface area contributed by atoms with Crippen LogP contribution in [0.15, 0.2) is 17.3 Å². The monoisotopic (exact) mass is 214 g/mol. The van der Waals surface area contributed by atoms with Crippen molar-refractivity contribution in [3.8, 4) is 0 Å². The number of aliphatic hydroxyl groups excluding tert-OH is 1. The number of hydrogen-bond acceptors (Lipinski definition) is 5. The standard InChI is InChI=1S/C8H10N2O3S/c1-6-4-7(10(12)13)8(9-5-6)14-3-2-11/h4-5,11H,2-3H2,1H3. The first-order chi connectivity index (χ1) is 6.65. The Morgan fingerprint density at radius 2 is 2.43 bits per heavy atom. The molecule has 76 valence electrons. The van der Waals surface area contributed by atoms with Crippen LogP contribution in [0.3, 0.4) is 0 Å². The highest BCUT2D eigenvalue weighted by molar-refractivity contribution is 7.99. The Kier molecular flexibility index (Phi) is 3.84. The number of aryl methyl sites for hydroxylation is 1. The quantitative estimate of drug-likeness (QED) is 0.465. The Hall–Kier alpha value is -1.14. The van der Waals surface area contributed by atoms with Crippen LogP contribution in [0.4, 0.5) is 5.69 Å². The molecule has 0 atom stereocenters. The van der Waals surface area contributed by atoms with Crippen LogP contribution in [-0.4, -0.2) is 27.4 Å². The zero-order valence-electron chi connectivity index (χ0n) is 7.64. The third-order valence-corrected chi connectivity index (χ3v) is 2.47. The van der Waals surface area contributed by atoms with E-state index in [1.165, 1.54) is 17.8 Å². The lowest BCUT2D eigenvalue weighted by atomic mass is 10.3. The van der Waals surface area contributed by atoms with Gasteiger partial charge in [0.15, 0.2) is 5.03 Å². The van der Waals surface area contributed by atoms with Crippen molar-refractivity contribution in [2.45, 2.75) is 11.9 Å². The van der Waals surface area contributed by atoms with Crippen molar-refractivity contribution in [3.05, 3.63) is 27.9 Å². The van der Waals surface area contributed by atoms with Gasteiger partial charge in [0.05, 0.1) is 11.5 Å². The molecule has 0 spiro atoms. The van der Waals surface area contributed by atoms with Gasteiger partial charge in [-0.25, -0.2) is 4.98 Å². The number of pyridine rings is 1. The maximum Gasteiger partial charge on any atom is 0.301 e. The highest BCUT2D eigenvalue weighted by Gasteiger charge is 2.15. The fourth-order valence-corrected chi connectivity index (χ4v) is 1.62. The van der Waals surface area contributed by atoms with Gasteiger partial charge >= 0.3 is 5.69 Å². The predicted octanol–water partition coefficient (Wildman–Crippen LogP) is 1.38. The van der Waals surface area contributed by atoms with Crippen molar-refractivity contribution in [1.82, 2.24) is 4.98 Å². The van der Waals surface area contributed by atoms with E-state index in [0.717, 1.165) is 5.56 Å². The predicted molar refractivity (Wildman–Crippen MR) is 53.4 cm³/mol. The van der Waals surface area contributed by atoms with Crippen molar-refractivity contribution in [1.29, 1.82) is 0 Å². The Morgan fingerprint density at radius 1 is 1.71 bits per heavy atom. The third-order valence-electron chi connectivity index (χ3n) is 1.50. The molecular formula is C8H10N2O3S. The average molecular weight is 214 g/mol. The molecule has 0 saturated heterocycles. The average Bonchev–Trinajstić information content (AvgIpc) is 2.15. The first-order valence-electron chi connectivity index (χ1n) is 4.00. The molecular weight excluding hydrogens is 204 g/mol. The SMILES string of the molecule is Cc1cnc(SCCO)c([N+](=O)[O-])c1. The van der Waals surface area contributed by atoms with Crippen molar-refractivity contribution in [3.63, 3.8) is 0 Å². The fraction of sp³-hybridized carbons (Fsp3) is 0.375. The van der Waals surface area contributed by atoms with Crippen molar-refractivity contribution in [2.24, 2.45) is 0 Å². The number of nitro groups is 1. The Bertz CT molecular complexity index is 343. The maximum absolute atomic E-state index is 10.6. The molecule has 6 heteroatoms.